The van der Waals surface area contributed by atoms with Gasteiger partial charge in [-0.1, -0.05) is 48.9 Å². The quantitative estimate of drug-likeness (QED) is 0.597. The summed E-state index contributed by atoms with van der Waals surface area (Å²) in [5.74, 6) is 0.487. The van der Waals surface area contributed by atoms with Crippen LogP contribution in [0.1, 0.15) is 48.2 Å². The molecular formula is C25H27N3O3. The van der Waals surface area contributed by atoms with E-state index in [0.29, 0.717) is 30.9 Å². The van der Waals surface area contributed by atoms with Gasteiger partial charge < -0.3 is 9.47 Å². The summed E-state index contributed by atoms with van der Waals surface area (Å²) in [6, 6.07) is 17.4. The van der Waals surface area contributed by atoms with Crippen molar-refractivity contribution >= 4 is 16.9 Å². The van der Waals surface area contributed by atoms with Crippen LogP contribution in [0.2, 0.25) is 0 Å². The molecular weight excluding hydrogens is 390 g/mol. The van der Waals surface area contributed by atoms with Crippen LogP contribution in [0, 0.1) is 0 Å². The lowest BCUT2D eigenvalue weighted by molar-refractivity contribution is -0.0462. The molecule has 2 aromatic carbocycles. The van der Waals surface area contributed by atoms with Crippen molar-refractivity contribution in [1.82, 2.24) is 14.7 Å². The van der Waals surface area contributed by atoms with E-state index < -0.39 is 0 Å². The number of aromatic nitrogens is 2. The van der Waals surface area contributed by atoms with E-state index in [9.17, 15) is 4.79 Å². The van der Waals surface area contributed by atoms with Crippen LogP contribution in [-0.2, 0) is 17.8 Å². The van der Waals surface area contributed by atoms with E-state index >= 15 is 0 Å². The smallest absolute Gasteiger partial charge is 0.359 e. The van der Waals surface area contributed by atoms with Gasteiger partial charge in [0.2, 0.25) is 0 Å². The molecule has 160 valence electrons. The van der Waals surface area contributed by atoms with Crippen LogP contribution in [-0.4, -0.2) is 45.4 Å². The highest BCUT2D eigenvalue weighted by atomic mass is 16.5. The van der Waals surface area contributed by atoms with Crippen molar-refractivity contribution in [3.8, 4) is 5.75 Å². The predicted molar refractivity (Wildman–Crippen MR) is 117 cm³/mol. The second-order valence-corrected chi connectivity index (χ2v) is 8.97. The molecule has 0 N–H and O–H groups in total. The summed E-state index contributed by atoms with van der Waals surface area (Å²) in [7, 11) is 0. The Bertz CT molecular complexity index is 1100. The summed E-state index contributed by atoms with van der Waals surface area (Å²) in [5, 5.41) is 5.40. The Labute approximate surface area is 181 Å². The first-order valence-corrected chi connectivity index (χ1v) is 11.4. The van der Waals surface area contributed by atoms with Gasteiger partial charge in [0.15, 0.2) is 5.69 Å². The molecule has 3 aliphatic heterocycles. The number of rotatable bonds is 4. The fraction of sp³-hybridized carbons (Fsp3) is 0.440. The number of benzene rings is 2. The van der Waals surface area contributed by atoms with E-state index in [4.69, 9.17) is 9.47 Å². The molecule has 3 aliphatic rings. The van der Waals surface area contributed by atoms with Crippen LogP contribution in [0.5, 0.6) is 5.75 Å². The van der Waals surface area contributed by atoms with E-state index in [2.05, 4.69) is 40.3 Å². The Balaban J connectivity index is 1.19. The predicted octanol–water partition coefficient (Wildman–Crippen LogP) is 4.17. The highest BCUT2D eigenvalue weighted by molar-refractivity contribution is 6.04. The molecule has 2 saturated heterocycles. The monoisotopic (exact) mass is 417 g/mol. The summed E-state index contributed by atoms with van der Waals surface area (Å²) in [6.07, 6.45) is 5.38. The number of para-hydroxylation sites is 1. The van der Waals surface area contributed by atoms with Crippen molar-refractivity contribution in [2.24, 2.45) is 0 Å². The van der Waals surface area contributed by atoms with Gasteiger partial charge in [-0.2, -0.15) is 5.10 Å². The fourth-order valence-electron chi connectivity index (χ4n) is 5.66. The molecule has 2 fully saturated rings. The minimum absolute atomic E-state index is 0.0421. The van der Waals surface area contributed by atoms with Gasteiger partial charge >= 0.3 is 5.97 Å². The third-order valence-corrected chi connectivity index (χ3v) is 7.05. The largest absolute Gasteiger partial charge is 0.489 e. The Morgan fingerprint density at radius 1 is 1.06 bits per heavy atom. The molecule has 0 aliphatic carbocycles. The minimum atomic E-state index is -0.303. The molecule has 6 rings (SSSR count). The van der Waals surface area contributed by atoms with Gasteiger partial charge in [-0.15, -0.1) is 0 Å². The molecule has 0 saturated carbocycles. The van der Waals surface area contributed by atoms with Gasteiger partial charge in [0.1, 0.15) is 24.0 Å². The molecule has 2 atom stereocenters. The van der Waals surface area contributed by atoms with Crippen LogP contribution < -0.4 is 4.74 Å². The fourth-order valence-corrected chi connectivity index (χ4v) is 5.66. The summed E-state index contributed by atoms with van der Waals surface area (Å²) in [4.78, 5) is 15.8. The normalized spacial score (nSPS) is 25.2. The zero-order valence-corrected chi connectivity index (χ0v) is 17.6. The maximum Gasteiger partial charge on any atom is 0.359 e. The number of carbonyl (C=O) groups is 1. The number of fused-ring (bicyclic) bond motifs is 2. The third kappa shape index (κ3) is 3.39. The molecule has 6 nitrogen and oxygen atoms in total. The molecule has 0 amide bonds. The minimum Gasteiger partial charge on any atom is -0.489 e. The number of ether oxygens (including phenoxy) is 2. The van der Waals surface area contributed by atoms with E-state index in [0.717, 1.165) is 36.0 Å². The van der Waals surface area contributed by atoms with E-state index in [1.165, 1.54) is 24.8 Å². The summed E-state index contributed by atoms with van der Waals surface area (Å²) in [5.41, 5.74) is 2.67. The van der Waals surface area contributed by atoms with E-state index in [1.807, 2.05) is 22.9 Å². The SMILES string of the molecule is O=C(OC1CC2CCCC(C1)N2Cc1ccccc1)c1nn2c3c(cccc13)OCC2. The van der Waals surface area contributed by atoms with Gasteiger partial charge in [0.25, 0.3) is 0 Å². The lowest BCUT2D eigenvalue weighted by Crippen LogP contribution is -2.53. The zero-order chi connectivity index (χ0) is 20.8. The zero-order valence-electron chi connectivity index (χ0n) is 17.6. The first-order chi connectivity index (χ1) is 15.3. The highest BCUT2D eigenvalue weighted by Crippen LogP contribution is 2.37. The second-order valence-electron chi connectivity index (χ2n) is 8.97. The Kier molecular flexibility index (Phi) is 4.68. The second kappa shape index (κ2) is 7.68. The van der Waals surface area contributed by atoms with Crippen LogP contribution >= 0.6 is 0 Å². The molecule has 2 unspecified atom stereocenters. The van der Waals surface area contributed by atoms with Gasteiger partial charge in [-0.05, 0) is 24.5 Å². The number of esters is 1. The first-order valence-electron chi connectivity index (χ1n) is 11.4. The molecule has 4 heterocycles. The summed E-state index contributed by atoms with van der Waals surface area (Å²) in [6.45, 7) is 2.21. The third-order valence-electron chi connectivity index (χ3n) is 7.05. The average Bonchev–Trinajstić information content (AvgIpc) is 3.16. The van der Waals surface area contributed by atoms with Crippen molar-refractivity contribution in [2.45, 2.75) is 63.4 Å². The van der Waals surface area contributed by atoms with Gasteiger partial charge in [0, 0.05) is 36.9 Å². The van der Waals surface area contributed by atoms with Crippen molar-refractivity contribution in [2.75, 3.05) is 6.61 Å². The van der Waals surface area contributed by atoms with E-state index in [1.54, 1.807) is 0 Å². The number of carbonyl (C=O) groups excluding carboxylic acids is 1. The molecule has 1 aromatic heterocycles. The first kappa shape index (κ1) is 18.9. The number of nitrogens with zero attached hydrogens (tertiary/aromatic N) is 3. The van der Waals surface area contributed by atoms with Gasteiger partial charge in [-0.25, -0.2) is 4.79 Å². The van der Waals surface area contributed by atoms with Crippen molar-refractivity contribution in [3.05, 3.63) is 59.8 Å². The lowest BCUT2D eigenvalue weighted by Gasteiger charge is -2.48. The number of hydrogen-bond donors (Lipinski definition) is 0. The summed E-state index contributed by atoms with van der Waals surface area (Å²) < 4.78 is 13.7. The average molecular weight is 418 g/mol. The van der Waals surface area contributed by atoms with E-state index in [-0.39, 0.29) is 12.1 Å². The van der Waals surface area contributed by atoms with Gasteiger partial charge in [-0.3, -0.25) is 9.58 Å². The topological polar surface area (TPSA) is 56.6 Å². The molecule has 3 aromatic rings. The van der Waals surface area contributed by atoms with Gasteiger partial charge in [0.05, 0.1) is 6.54 Å². The van der Waals surface area contributed by atoms with Crippen molar-refractivity contribution in [3.63, 3.8) is 0 Å². The Morgan fingerprint density at radius 3 is 2.68 bits per heavy atom. The van der Waals surface area contributed by atoms with Crippen LogP contribution in [0.3, 0.4) is 0 Å². The molecule has 31 heavy (non-hydrogen) atoms. The molecule has 0 radical (unpaired) electrons. The van der Waals surface area contributed by atoms with Crippen LogP contribution in [0.25, 0.3) is 10.9 Å². The van der Waals surface area contributed by atoms with Crippen LogP contribution in [0.15, 0.2) is 48.5 Å². The highest BCUT2D eigenvalue weighted by Gasteiger charge is 2.40. The number of hydrogen-bond acceptors (Lipinski definition) is 5. The van der Waals surface area contributed by atoms with Crippen molar-refractivity contribution in [1.29, 1.82) is 0 Å². The van der Waals surface area contributed by atoms with Crippen LogP contribution in [0.4, 0.5) is 0 Å². The Morgan fingerprint density at radius 2 is 1.87 bits per heavy atom. The molecule has 0 spiro atoms. The van der Waals surface area contributed by atoms with Crippen molar-refractivity contribution < 1.29 is 14.3 Å². The molecule has 2 bridgehead atoms. The Hall–Kier alpha value is -2.86. The maximum absolute atomic E-state index is 13.1. The number of piperidine rings is 2. The standard InChI is InChI=1S/C25H27N3O3/c29-25(23-21-10-5-11-22-24(21)28(26-23)12-13-30-22)31-20-14-18-8-4-9-19(15-20)27(18)16-17-6-2-1-3-7-17/h1-3,5-7,10-11,18-20H,4,8-9,12-16H2. The molecule has 6 heteroatoms. The maximum atomic E-state index is 13.1. The lowest BCUT2D eigenvalue weighted by atomic mass is 9.82. The summed E-state index contributed by atoms with van der Waals surface area (Å²) >= 11 is 0.